The molecule has 0 aliphatic heterocycles. The molecule has 0 saturated carbocycles. The summed E-state index contributed by atoms with van der Waals surface area (Å²) in [5, 5.41) is 0. The molecule has 0 aromatic heterocycles. The molecule has 0 bridgehead atoms. The summed E-state index contributed by atoms with van der Waals surface area (Å²) in [6.45, 7) is 8.28. The van der Waals surface area contributed by atoms with E-state index in [2.05, 4.69) is 93.6 Å². The second-order valence-electron chi connectivity index (χ2n) is 9.53. The first-order valence-corrected chi connectivity index (χ1v) is 13.8. The van der Waals surface area contributed by atoms with E-state index in [4.69, 9.17) is 9.47 Å². The number of benzene rings is 3. The SMILES string of the molecule is CCCCCCCOC(C)c1ccc(-c2ccccc2-c2ccc(OCCCCCC)cc2)cc1. The average molecular weight is 473 g/mol. The molecule has 0 amide bonds. The molecule has 35 heavy (non-hydrogen) atoms. The number of unbranched alkanes of at least 4 members (excludes halogenated alkanes) is 7. The Hall–Kier alpha value is -2.58. The smallest absolute Gasteiger partial charge is 0.119 e. The van der Waals surface area contributed by atoms with Crippen LogP contribution in [0.5, 0.6) is 5.75 Å². The van der Waals surface area contributed by atoms with Gasteiger partial charge in [0.15, 0.2) is 0 Å². The molecule has 0 heterocycles. The van der Waals surface area contributed by atoms with Crippen LogP contribution in [0.2, 0.25) is 0 Å². The lowest BCUT2D eigenvalue weighted by Crippen LogP contribution is -2.01. The Morgan fingerprint density at radius 3 is 1.69 bits per heavy atom. The molecule has 0 fully saturated rings. The standard InChI is InChI=1S/C33H44O2/c1-4-6-8-10-14-25-34-27(3)28-17-19-29(20-18-28)32-15-11-12-16-33(32)30-21-23-31(24-22-30)35-26-13-9-7-5-2/h11-12,15-24,27H,4-10,13-14,25-26H2,1-3H3. The lowest BCUT2D eigenvalue weighted by atomic mass is 9.94. The molecule has 3 rings (SSSR count). The van der Waals surface area contributed by atoms with Crippen molar-refractivity contribution >= 4 is 0 Å². The van der Waals surface area contributed by atoms with Gasteiger partial charge in [0.2, 0.25) is 0 Å². The average Bonchev–Trinajstić information content (AvgIpc) is 2.91. The summed E-state index contributed by atoms with van der Waals surface area (Å²) < 4.78 is 12.0. The molecular weight excluding hydrogens is 428 g/mol. The van der Waals surface area contributed by atoms with Crippen LogP contribution in [0.3, 0.4) is 0 Å². The summed E-state index contributed by atoms with van der Waals surface area (Å²) in [7, 11) is 0. The third kappa shape index (κ3) is 8.85. The molecule has 0 radical (unpaired) electrons. The van der Waals surface area contributed by atoms with Crippen molar-refractivity contribution in [3.05, 3.63) is 78.4 Å². The van der Waals surface area contributed by atoms with Gasteiger partial charge in [0, 0.05) is 6.61 Å². The summed E-state index contributed by atoms with van der Waals surface area (Å²) in [4.78, 5) is 0. The van der Waals surface area contributed by atoms with E-state index in [-0.39, 0.29) is 6.10 Å². The van der Waals surface area contributed by atoms with Crippen LogP contribution in [0.15, 0.2) is 72.8 Å². The van der Waals surface area contributed by atoms with E-state index in [1.165, 1.54) is 72.8 Å². The Morgan fingerprint density at radius 2 is 1.09 bits per heavy atom. The maximum Gasteiger partial charge on any atom is 0.119 e. The van der Waals surface area contributed by atoms with Crippen LogP contribution in [-0.4, -0.2) is 13.2 Å². The Kier molecular flexibility index (Phi) is 11.9. The fraction of sp³-hybridized carbons (Fsp3) is 0.455. The van der Waals surface area contributed by atoms with Crippen LogP contribution >= 0.6 is 0 Å². The van der Waals surface area contributed by atoms with Crippen molar-refractivity contribution in [3.63, 3.8) is 0 Å². The zero-order valence-electron chi connectivity index (χ0n) is 22.1. The number of rotatable bonds is 16. The normalized spacial score (nSPS) is 12.0. The molecule has 0 N–H and O–H groups in total. The first-order valence-electron chi connectivity index (χ1n) is 13.8. The van der Waals surface area contributed by atoms with Gasteiger partial charge in [-0.05, 0) is 59.7 Å². The minimum absolute atomic E-state index is 0.125. The maximum atomic E-state index is 6.09. The highest BCUT2D eigenvalue weighted by Crippen LogP contribution is 2.33. The third-order valence-corrected chi connectivity index (χ3v) is 6.67. The maximum absolute atomic E-state index is 6.09. The summed E-state index contributed by atoms with van der Waals surface area (Å²) in [6.07, 6.45) is 11.4. The molecule has 2 heteroatoms. The van der Waals surface area contributed by atoms with Crippen molar-refractivity contribution in [1.29, 1.82) is 0 Å². The topological polar surface area (TPSA) is 18.5 Å². The predicted octanol–water partition coefficient (Wildman–Crippen LogP) is 10.0. The van der Waals surface area contributed by atoms with Crippen LogP contribution in [0.1, 0.15) is 90.2 Å². The fourth-order valence-corrected chi connectivity index (χ4v) is 4.43. The molecule has 0 spiro atoms. The minimum Gasteiger partial charge on any atom is -0.494 e. The summed E-state index contributed by atoms with van der Waals surface area (Å²) >= 11 is 0. The van der Waals surface area contributed by atoms with Crippen LogP contribution < -0.4 is 4.74 Å². The quantitative estimate of drug-likeness (QED) is 0.193. The van der Waals surface area contributed by atoms with Crippen molar-refractivity contribution in [2.75, 3.05) is 13.2 Å². The van der Waals surface area contributed by atoms with Gasteiger partial charge in [-0.2, -0.15) is 0 Å². The van der Waals surface area contributed by atoms with Crippen molar-refractivity contribution in [2.45, 2.75) is 84.7 Å². The lowest BCUT2D eigenvalue weighted by molar-refractivity contribution is 0.0627. The molecule has 188 valence electrons. The van der Waals surface area contributed by atoms with Gasteiger partial charge >= 0.3 is 0 Å². The van der Waals surface area contributed by atoms with Crippen LogP contribution in [-0.2, 0) is 4.74 Å². The second-order valence-corrected chi connectivity index (χ2v) is 9.53. The molecule has 3 aromatic carbocycles. The molecule has 3 aromatic rings. The van der Waals surface area contributed by atoms with Crippen LogP contribution in [0.4, 0.5) is 0 Å². The van der Waals surface area contributed by atoms with Crippen molar-refractivity contribution in [3.8, 4) is 28.0 Å². The molecule has 2 nitrogen and oxygen atoms in total. The first-order chi connectivity index (χ1) is 17.2. The Morgan fingerprint density at radius 1 is 0.571 bits per heavy atom. The predicted molar refractivity (Wildman–Crippen MR) is 150 cm³/mol. The lowest BCUT2D eigenvalue weighted by Gasteiger charge is -2.15. The Bertz CT molecular complexity index is 959. The van der Waals surface area contributed by atoms with E-state index < -0.39 is 0 Å². The third-order valence-electron chi connectivity index (χ3n) is 6.67. The van der Waals surface area contributed by atoms with Gasteiger partial charge in [-0.3, -0.25) is 0 Å². The number of ether oxygens (including phenoxy) is 2. The van der Waals surface area contributed by atoms with E-state index in [0.717, 1.165) is 31.8 Å². The summed E-state index contributed by atoms with van der Waals surface area (Å²) in [5.74, 6) is 0.950. The number of hydrogen-bond donors (Lipinski definition) is 0. The molecule has 0 aliphatic carbocycles. The molecule has 0 aliphatic rings. The zero-order valence-corrected chi connectivity index (χ0v) is 22.1. The number of hydrogen-bond acceptors (Lipinski definition) is 2. The fourth-order valence-electron chi connectivity index (χ4n) is 4.43. The van der Waals surface area contributed by atoms with Gasteiger partial charge in [0.1, 0.15) is 5.75 Å². The van der Waals surface area contributed by atoms with Gasteiger partial charge in [-0.15, -0.1) is 0 Å². The Labute approximate surface area is 213 Å². The monoisotopic (exact) mass is 472 g/mol. The largest absolute Gasteiger partial charge is 0.494 e. The van der Waals surface area contributed by atoms with Crippen molar-refractivity contribution < 1.29 is 9.47 Å². The Balaban J connectivity index is 1.60. The first kappa shape index (κ1) is 27.0. The zero-order chi connectivity index (χ0) is 24.7. The van der Waals surface area contributed by atoms with E-state index >= 15 is 0 Å². The van der Waals surface area contributed by atoms with E-state index in [0.29, 0.717) is 0 Å². The van der Waals surface area contributed by atoms with Crippen molar-refractivity contribution in [1.82, 2.24) is 0 Å². The van der Waals surface area contributed by atoms with Gasteiger partial charge in [-0.1, -0.05) is 119 Å². The summed E-state index contributed by atoms with van der Waals surface area (Å²) in [6, 6.07) is 26.0. The molecule has 1 unspecified atom stereocenters. The van der Waals surface area contributed by atoms with Gasteiger partial charge < -0.3 is 9.47 Å². The van der Waals surface area contributed by atoms with Gasteiger partial charge in [-0.25, -0.2) is 0 Å². The minimum atomic E-state index is 0.125. The van der Waals surface area contributed by atoms with E-state index in [1.807, 2.05) is 0 Å². The van der Waals surface area contributed by atoms with Crippen molar-refractivity contribution in [2.24, 2.45) is 0 Å². The van der Waals surface area contributed by atoms with Crippen LogP contribution in [0, 0.1) is 0 Å². The van der Waals surface area contributed by atoms with Crippen LogP contribution in [0.25, 0.3) is 22.3 Å². The molecule has 1 atom stereocenters. The highest BCUT2D eigenvalue weighted by atomic mass is 16.5. The summed E-state index contributed by atoms with van der Waals surface area (Å²) in [5.41, 5.74) is 6.17. The molecule has 0 saturated heterocycles. The van der Waals surface area contributed by atoms with E-state index in [1.54, 1.807) is 0 Å². The van der Waals surface area contributed by atoms with E-state index in [9.17, 15) is 0 Å². The second kappa shape index (κ2) is 15.4. The highest BCUT2D eigenvalue weighted by molar-refractivity contribution is 5.83. The van der Waals surface area contributed by atoms with Gasteiger partial charge in [0.05, 0.1) is 12.7 Å². The highest BCUT2D eigenvalue weighted by Gasteiger charge is 2.10. The molecular formula is C33H44O2. The van der Waals surface area contributed by atoms with Gasteiger partial charge in [0.25, 0.3) is 0 Å².